The van der Waals surface area contributed by atoms with Crippen molar-refractivity contribution in [3.8, 4) is 0 Å². The van der Waals surface area contributed by atoms with Crippen LogP contribution in [0.2, 0.25) is 0 Å². The number of rotatable bonds is 4. The first-order valence-corrected chi connectivity index (χ1v) is 6.35. The van der Waals surface area contributed by atoms with Gasteiger partial charge in [0.05, 0.1) is 12.1 Å². The van der Waals surface area contributed by atoms with E-state index in [9.17, 15) is 9.59 Å². The molecule has 6 nitrogen and oxygen atoms in total. The molecule has 6 heteroatoms. The van der Waals surface area contributed by atoms with E-state index in [1.165, 1.54) is 6.07 Å². The molecule has 2 atom stereocenters. The molecule has 0 bridgehead atoms. The molecule has 0 spiro atoms. The summed E-state index contributed by atoms with van der Waals surface area (Å²) in [5, 5.41) is 11.5. The van der Waals surface area contributed by atoms with Crippen molar-refractivity contribution in [1.82, 2.24) is 10.2 Å². The summed E-state index contributed by atoms with van der Waals surface area (Å²) in [5.74, 6) is -0.581. The number of hydrogen-bond donors (Lipinski definition) is 2. The number of furan rings is 1. The average molecular weight is 266 g/mol. The molecule has 2 rings (SSSR count). The maximum absolute atomic E-state index is 11.8. The van der Waals surface area contributed by atoms with Crippen LogP contribution in [0, 0.1) is 0 Å². The van der Waals surface area contributed by atoms with Gasteiger partial charge >= 0.3 is 5.97 Å². The summed E-state index contributed by atoms with van der Waals surface area (Å²) in [6, 6.07) is 2.82. The van der Waals surface area contributed by atoms with E-state index in [4.69, 9.17) is 9.52 Å². The summed E-state index contributed by atoms with van der Waals surface area (Å²) in [6.07, 6.45) is 1.77. The van der Waals surface area contributed by atoms with Crippen molar-refractivity contribution in [1.29, 1.82) is 0 Å². The average Bonchev–Trinajstić information content (AvgIpc) is 3.05. The molecule has 2 N–H and O–H groups in total. The van der Waals surface area contributed by atoms with E-state index in [0.29, 0.717) is 5.76 Å². The second kappa shape index (κ2) is 5.44. The zero-order chi connectivity index (χ0) is 14.0. The van der Waals surface area contributed by atoms with E-state index in [1.54, 1.807) is 13.1 Å². The highest BCUT2D eigenvalue weighted by Crippen LogP contribution is 2.30. The molecular formula is C13H18N2O4. The molecule has 1 amide bonds. The van der Waals surface area contributed by atoms with Gasteiger partial charge in [-0.1, -0.05) is 0 Å². The van der Waals surface area contributed by atoms with Gasteiger partial charge in [0, 0.05) is 7.05 Å². The van der Waals surface area contributed by atoms with Crippen LogP contribution in [0.15, 0.2) is 16.5 Å². The number of nitrogens with zero attached hydrogens (tertiary/aromatic N) is 1. The van der Waals surface area contributed by atoms with Gasteiger partial charge < -0.3 is 14.8 Å². The maximum atomic E-state index is 11.8. The van der Waals surface area contributed by atoms with Crippen LogP contribution in [-0.2, 0) is 4.79 Å². The highest BCUT2D eigenvalue weighted by Gasteiger charge is 2.34. The summed E-state index contributed by atoms with van der Waals surface area (Å²) in [5.41, 5.74) is 0. The topological polar surface area (TPSA) is 82.8 Å². The molecule has 0 radical (unpaired) electrons. The van der Waals surface area contributed by atoms with Crippen molar-refractivity contribution in [2.24, 2.45) is 0 Å². The van der Waals surface area contributed by atoms with Crippen LogP contribution in [0.4, 0.5) is 0 Å². The van der Waals surface area contributed by atoms with Crippen molar-refractivity contribution < 1.29 is 19.1 Å². The number of aromatic carboxylic acids is 1. The Morgan fingerprint density at radius 3 is 2.84 bits per heavy atom. The Morgan fingerprint density at radius 1 is 1.53 bits per heavy atom. The van der Waals surface area contributed by atoms with Gasteiger partial charge in [0.25, 0.3) is 0 Å². The Labute approximate surface area is 111 Å². The highest BCUT2D eigenvalue weighted by atomic mass is 16.4. The predicted molar refractivity (Wildman–Crippen MR) is 67.9 cm³/mol. The van der Waals surface area contributed by atoms with E-state index in [-0.39, 0.29) is 23.8 Å². The molecule has 0 aromatic carbocycles. The van der Waals surface area contributed by atoms with Gasteiger partial charge in [0.1, 0.15) is 5.76 Å². The fourth-order valence-corrected chi connectivity index (χ4v) is 2.56. The van der Waals surface area contributed by atoms with Crippen LogP contribution in [0.3, 0.4) is 0 Å². The molecule has 2 heterocycles. The summed E-state index contributed by atoms with van der Waals surface area (Å²) >= 11 is 0. The number of carbonyl (C=O) groups is 2. The van der Waals surface area contributed by atoms with Crippen molar-refractivity contribution in [3.63, 3.8) is 0 Å². The number of carboxylic acid groups (broad SMARTS) is 1. The lowest BCUT2D eigenvalue weighted by Crippen LogP contribution is -2.42. The van der Waals surface area contributed by atoms with Gasteiger partial charge in [-0.2, -0.15) is 0 Å². The Hall–Kier alpha value is -1.82. The number of carboxylic acids is 1. The molecule has 1 aromatic rings. The molecule has 1 saturated heterocycles. The molecule has 2 unspecified atom stereocenters. The van der Waals surface area contributed by atoms with Crippen molar-refractivity contribution in [3.05, 3.63) is 23.7 Å². The van der Waals surface area contributed by atoms with Crippen LogP contribution in [0.5, 0.6) is 0 Å². The second-order valence-electron chi connectivity index (χ2n) is 4.69. The Balaban J connectivity index is 2.15. The number of nitrogens with one attached hydrogen (secondary N) is 1. The SMILES string of the molecule is CNC(=O)C1CCCN1C(C)c1ccc(C(=O)O)o1. The number of hydrogen-bond acceptors (Lipinski definition) is 4. The van der Waals surface area contributed by atoms with Gasteiger partial charge in [-0.25, -0.2) is 4.79 Å². The first kappa shape index (κ1) is 13.6. The van der Waals surface area contributed by atoms with E-state index >= 15 is 0 Å². The normalized spacial score (nSPS) is 21.3. The van der Waals surface area contributed by atoms with E-state index in [1.807, 2.05) is 11.8 Å². The molecule has 104 valence electrons. The third-order valence-corrected chi connectivity index (χ3v) is 3.59. The quantitative estimate of drug-likeness (QED) is 0.857. The monoisotopic (exact) mass is 266 g/mol. The van der Waals surface area contributed by atoms with Gasteiger partial charge in [0.2, 0.25) is 11.7 Å². The smallest absolute Gasteiger partial charge is 0.371 e. The van der Waals surface area contributed by atoms with Crippen LogP contribution in [-0.4, -0.2) is 41.5 Å². The molecule has 1 aromatic heterocycles. The highest BCUT2D eigenvalue weighted by molar-refractivity contribution is 5.84. The van der Waals surface area contributed by atoms with E-state index < -0.39 is 5.97 Å². The Kier molecular flexibility index (Phi) is 3.90. The number of amides is 1. The molecule has 1 aliphatic heterocycles. The standard InChI is InChI=1S/C13H18N2O4/c1-8(10-5-6-11(19-10)13(17)18)15-7-3-4-9(15)12(16)14-2/h5-6,8-9H,3-4,7H2,1-2H3,(H,14,16)(H,17,18). The molecule has 1 aliphatic rings. The van der Waals surface area contributed by atoms with Crippen LogP contribution in [0.1, 0.15) is 42.1 Å². The zero-order valence-corrected chi connectivity index (χ0v) is 11.0. The minimum absolute atomic E-state index is 0.00522. The maximum Gasteiger partial charge on any atom is 0.371 e. The molecule has 0 aliphatic carbocycles. The molecule has 0 saturated carbocycles. The van der Waals surface area contributed by atoms with E-state index in [0.717, 1.165) is 19.4 Å². The van der Waals surface area contributed by atoms with E-state index in [2.05, 4.69) is 5.32 Å². The van der Waals surface area contributed by atoms with Crippen LogP contribution >= 0.6 is 0 Å². The largest absolute Gasteiger partial charge is 0.475 e. The third kappa shape index (κ3) is 2.63. The van der Waals surface area contributed by atoms with Crippen molar-refractivity contribution in [2.75, 3.05) is 13.6 Å². The van der Waals surface area contributed by atoms with Gasteiger partial charge in [0.15, 0.2) is 0 Å². The fraction of sp³-hybridized carbons (Fsp3) is 0.538. The van der Waals surface area contributed by atoms with Crippen LogP contribution < -0.4 is 5.32 Å². The first-order valence-electron chi connectivity index (χ1n) is 6.35. The minimum atomic E-state index is -1.08. The second-order valence-corrected chi connectivity index (χ2v) is 4.69. The summed E-state index contributed by atoms with van der Waals surface area (Å²) < 4.78 is 5.31. The summed E-state index contributed by atoms with van der Waals surface area (Å²) in [6.45, 7) is 2.73. The summed E-state index contributed by atoms with van der Waals surface area (Å²) in [7, 11) is 1.62. The lowest BCUT2D eigenvalue weighted by Gasteiger charge is -2.28. The van der Waals surface area contributed by atoms with Gasteiger partial charge in [-0.15, -0.1) is 0 Å². The Morgan fingerprint density at radius 2 is 2.26 bits per heavy atom. The molecule has 19 heavy (non-hydrogen) atoms. The minimum Gasteiger partial charge on any atom is -0.475 e. The molecule has 1 fully saturated rings. The molecular weight excluding hydrogens is 248 g/mol. The van der Waals surface area contributed by atoms with Crippen molar-refractivity contribution in [2.45, 2.75) is 31.8 Å². The summed E-state index contributed by atoms with van der Waals surface area (Å²) in [4.78, 5) is 24.6. The predicted octanol–water partition coefficient (Wildman–Crippen LogP) is 1.25. The van der Waals surface area contributed by atoms with Crippen molar-refractivity contribution >= 4 is 11.9 Å². The number of likely N-dealkylation sites (tertiary alicyclic amines) is 1. The third-order valence-electron chi connectivity index (χ3n) is 3.59. The van der Waals surface area contributed by atoms with Gasteiger partial charge in [-0.3, -0.25) is 9.69 Å². The first-order chi connectivity index (χ1) is 9.04. The number of likely N-dealkylation sites (N-methyl/N-ethyl adjacent to an activating group) is 1. The Bertz CT molecular complexity index is 483. The number of carbonyl (C=O) groups excluding carboxylic acids is 1. The lowest BCUT2D eigenvalue weighted by atomic mass is 10.1. The lowest BCUT2D eigenvalue weighted by molar-refractivity contribution is -0.125. The zero-order valence-electron chi connectivity index (χ0n) is 11.0. The van der Waals surface area contributed by atoms with Gasteiger partial charge in [-0.05, 0) is 38.4 Å². The fourth-order valence-electron chi connectivity index (χ4n) is 2.56. The van der Waals surface area contributed by atoms with Crippen LogP contribution in [0.25, 0.3) is 0 Å².